The minimum Gasteiger partial charge on any atom is -0.352 e. The molecule has 0 saturated carbocycles. The second-order valence-corrected chi connectivity index (χ2v) is 7.20. The topological polar surface area (TPSA) is 35.6 Å². The Morgan fingerprint density at radius 1 is 1.25 bits per heavy atom. The van der Waals surface area contributed by atoms with Gasteiger partial charge in [0.15, 0.2) is 0 Å². The highest BCUT2D eigenvalue weighted by Gasteiger charge is 2.19. The van der Waals surface area contributed by atoms with Crippen LogP contribution >= 0.6 is 0 Å². The zero-order chi connectivity index (χ0) is 17.4. The van der Waals surface area contributed by atoms with Gasteiger partial charge in [-0.15, -0.1) is 0 Å². The number of unbranched alkanes of at least 4 members (excludes halogenated alkanes) is 2. The van der Waals surface area contributed by atoms with Gasteiger partial charge in [0.05, 0.1) is 0 Å². The molecule has 1 N–H and O–H groups in total. The smallest absolute Gasteiger partial charge is 0.251 e. The summed E-state index contributed by atoms with van der Waals surface area (Å²) in [6, 6.07) is 8.51. The first-order valence-corrected chi connectivity index (χ1v) is 9.30. The number of piperidine rings is 1. The molecule has 1 saturated heterocycles. The highest BCUT2D eigenvalue weighted by atomic mass is 16.1. The van der Waals surface area contributed by atoms with Gasteiger partial charge >= 0.3 is 0 Å². The van der Waals surface area contributed by atoms with Crippen molar-refractivity contribution in [2.75, 3.05) is 40.3 Å². The summed E-state index contributed by atoms with van der Waals surface area (Å²) in [6.07, 6.45) is 6.02. The highest BCUT2D eigenvalue weighted by molar-refractivity contribution is 5.94. The quantitative estimate of drug-likeness (QED) is 0.744. The van der Waals surface area contributed by atoms with Gasteiger partial charge in [0.2, 0.25) is 0 Å². The SMILES string of the molecule is Cc1cccc(C(=O)NCCCCCN(C)C2CCN(C)CC2)c1. The van der Waals surface area contributed by atoms with Gasteiger partial charge in [-0.25, -0.2) is 0 Å². The van der Waals surface area contributed by atoms with E-state index in [0.29, 0.717) is 0 Å². The Bertz CT molecular complexity index is 509. The average molecular weight is 332 g/mol. The van der Waals surface area contributed by atoms with Crippen LogP contribution in [-0.4, -0.2) is 62.0 Å². The van der Waals surface area contributed by atoms with Gasteiger partial charge < -0.3 is 15.1 Å². The Morgan fingerprint density at radius 2 is 2.00 bits per heavy atom. The second kappa shape index (κ2) is 9.80. The Labute approximate surface area is 147 Å². The number of hydrogen-bond donors (Lipinski definition) is 1. The number of carbonyl (C=O) groups excluding carboxylic acids is 1. The summed E-state index contributed by atoms with van der Waals surface area (Å²) in [6.45, 7) is 6.39. The van der Waals surface area contributed by atoms with Crippen molar-refractivity contribution in [1.82, 2.24) is 15.1 Å². The zero-order valence-electron chi connectivity index (χ0n) is 15.6. The van der Waals surface area contributed by atoms with E-state index >= 15 is 0 Å². The second-order valence-electron chi connectivity index (χ2n) is 7.20. The van der Waals surface area contributed by atoms with Crippen LogP contribution in [-0.2, 0) is 0 Å². The van der Waals surface area contributed by atoms with Gasteiger partial charge in [-0.3, -0.25) is 4.79 Å². The first-order valence-electron chi connectivity index (χ1n) is 9.30. The van der Waals surface area contributed by atoms with E-state index in [4.69, 9.17) is 0 Å². The summed E-state index contributed by atoms with van der Waals surface area (Å²) in [5.41, 5.74) is 1.89. The molecule has 1 aliphatic rings. The first kappa shape index (κ1) is 18.9. The molecule has 2 rings (SSSR count). The molecule has 4 nitrogen and oxygen atoms in total. The third kappa shape index (κ3) is 6.25. The molecular formula is C20H33N3O. The van der Waals surface area contributed by atoms with E-state index in [1.165, 1.54) is 45.3 Å². The van der Waals surface area contributed by atoms with Crippen LogP contribution in [0.25, 0.3) is 0 Å². The van der Waals surface area contributed by atoms with Crippen LogP contribution in [0.2, 0.25) is 0 Å². The minimum absolute atomic E-state index is 0.0437. The Morgan fingerprint density at radius 3 is 2.71 bits per heavy atom. The summed E-state index contributed by atoms with van der Waals surface area (Å²) in [5, 5.41) is 3.02. The zero-order valence-corrected chi connectivity index (χ0v) is 15.6. The molecule has 0 aliphatic carbocycles. The number of rotatable bonds is 8. The number of aryl methyl sites for hydroxylation is 1. The van der Waals surface area contributed by atoms with E-state index in [1.54, 1.807) is 0 Å². The van der Waals surface area contributed by atoms with Crippen LogP contribution in [0, 0.1) is 6.92 Å². The van der Waals surface area contributed by atoms with Crippen molar-refractivity contribution in [1.29, 1.82) is 0 Å². The summed E-state index contributed by atoms with van der Waals surface area (Å²) in [7, 11) is 4.47. The van der Waals surface area contributed by atoms with Crippen molar-refractivity contribution in [3.05, 3.63) is 35.4 Å². The fourth-order valence-electron chi connectivity index (χ4n) is 3.37. The van der Waals surface area contributed by atoms with Gasteiger partial charge in [-0.2, -0.15) is 0 Å². The van der Waals surface area contributed by atoms with E-state index in [2.05, 4.69) is 29.2 Å². The molecule has 0 bridgehead atoms. The summed E-state index contributed by atoms with van der Waals surface area (Å²) in [4.78, 5) is 17.0. The number of benzene rings is 1. The molecule has 0 spiro atoms. The third-order valence-electron chi connectivity index (χ3n) is 5.06. The van der Waals surface area contributed by atoms with Crippen LogP contribution in [0.1, 0.15) is 48.0 Å². The number of nitrogens with zero attached hydrogens (tertiary/aromatic N) is 2. The number of hydrogen-bond acceptors (Lipinski definition) is 3. The van der Waals surface area contributed by atoms with E-state index in [1.807, 2.05) is 31.2 Å². The lowest BCUT2D eigenvalue weighted by Crippen LogP contribution is -2.42. The van der Waals surface area contributed by atoms with E-state index in [9.17, 15) is 4.79 Å². The molecule has 0 radical (unpaired) electrons. The molecule has 1 aromatic carbocycles. The maximum Gasteiger partial charge on any atom is 0.251 e. The van der Waals surface area contributed by atoms with E-state index in [0.717, 1.165) is 30.1 Å². The Kier molecular flexibility index (Phi) is 7.73. The molecular weight excluding hydrogens is 298 g/mol. The number of carbonyl (C=O) groups is 1. The maximum atomic E-state index is 12.0. The monoisotopic (exact) mass is 331 g/mol. The third-order valence-corrected chi connectivity index (χ3v) is 5.06. The molecule has 1 fully saturated rings. The molecule has 24 heavy (non-hydrogen) atoms. The fraction of sp³-hybridized carbons (Fsp3) is 0.650. The Balaban J connectivity index is 1.54. The van der Waals surface area contributed by atoms with Crippen molar-refractivity contribution in [3.63, 3.8) is 0 Å². The molecule has 0 aromatic heterocycles. The molecule has 1 amide bonds. The molecule has 134 valence electrons. The lowest BCUT2D eigenvalue weighted by atomic mass is 10.0. The van der Waals surface area contributed by atoms with Crippen LogP contribution in [0.3, 0.4) is 0 Å². The van der Waals surface area contributed by atoms with E-state index < -0.39 is 0 Å². The van der Waals surface area contributed by atoms with Gasteiger partial charge in [0.25, 0.3) is 5.91 Å². The van der Waals surface area contributed by atoms with Crippen LogP contribution in [0.5, 0.6) is 0 Å². The lowest BCUT2D eigenvalue weighted by Gasteiger charge is -2.35. The number of nitrogens with one attached hydrogen (secondary N) is 1. The van der Waals surface area contributed by atoms with Crippen molar-refractivity contribution in [2.45, 2.75) is 45.1 Å². The van der Waals surface area contributed by atoms with Crippen LogP contribution < -0.4 is 5.32 Å². The Hall–Kier alpha value is -1.39. The molecule has 1 aliphatic heterocycles. The van der Waals surface area contributed by atoms with Gasteiger partial charge in [0, 0.05) is 18.2 Å². The number of likely N-dealkylation sites (tertiary alicyclic amines) is 1. The normalized spacial score (nSPS) is 16.5. The summed E-state index contributed by atoms with van der Waals surface area (Å²) < 4.78 is 0. The van der Waals surface area contributed by atoms with Crippen molar-refractivity contribution in [3.8, 4) is 0 Å². The average Bonchev–Trinajstić information content (AvgIpc) is 2.58. The summed E-state index contributed by atoms with van der Waals surface area (Å²) >= 11 is 0. The largest absolute Gasteiger partial charge is 0.352 e. The van der Waals surface area contributed by atoms with Gasteiger partial charge in [-0.1, -0.05) is 24.1 Å². The van der Waals surface area contributed by atoms with Crippen LogP contribution in [0.4, 0.5) is 0 Å². The molecule has 4 heteroatoms. The minimum atomic E-state index is 0.0437. The molecule has 0 atom stereocenters. The fourth-order valence-corrected chi connectivity index (χ4v) is 3.37. The molecule has 1 aromatic rings. The van der Waals surface area contributed by atoms with Crippen LogP contribution in [0.15, 0.2) is 24.3 Å². The van der Waals surface area contributed by atoms with Crippen molar-refractivity contribution in [2.24, 2.45) is 0 Å². The number of amides is 1. The standard InChI is InChI=1S/C20H33N3O/c1-17-8-7-9-18(16-17)20(24)21-12-5-4-6-13-23(3)19-10-14-22(2)15-11-19/h7-9,16,19H,4-6,10-15H2,1-3H3,(H,21,24). The molecule has 0 unspecified atom stereocenters. The predicted octanol–water partition coefficient (Wildman–Crippen LogP) is 2.92. The van der Waals surface area contributed by atoms with Gasteiger partial charge in [-0.05, 0) is 78.5 Å². The van der Waals surface area contributed by atoms with Crippen molar-refractivity contribution >= 4 is 5.91 Å². The summed E-state index contributed by atoms with van der Waals surface area (Å²) in [5.74, 6) is 0.0437. The lowest BCUT2D eigenvalue weighted by molar-refractivity contribution is 0.0952. The maximum absolute atomic E-state index is 12.0. The molecule has 1 heterocycles. The first-order chi connectivity index (χ1) is 11.6. The van der Waals surface area contributed by atoms with Crippen molar-refractivity contribution < 1.29 is 4.79 Å². The van der Waals surface area contributed by atoms with E-state index in [-0.39, 0.29) is 5.91 Å². The predicted molar refractivity (Wildman–Crippen MR) is 101 cm³/mol. The highest BCUT2D eigenvalue weighted by Crippen LogP contribution is 2.14. The van der Waals surface area contributed by atoms with Gasteiger partial charge in [0.1, 0.15) is 0 Å².